The van der Waals surface area contributed by atoms with Crippen LogP contribution in [-0.2, 0) is 0 Å². The van der Waals surface area contributed by atoms with Crippen molar-refractivity contribution in [3.63, 3.8) is 0 Å². The first kappa shape index (κ1) is 12.6. The van der Waals surface area contributed by atoms with Crippen molar-refractivity contribution in [3.05, 3.63) is 69.2 Å². The molecular weight excluding hydrogens is 300 g/mol. The number of nitrogens with one attached hydrogen (secondary N) is 1. The predicted octanol–water partition coefficient (Wildman–Crippen LogP) is 3.66. The Morgan fingerprint density at radius 3 is 2.29 bits per heavy atom. The van der Waals surface area contributed by atoms with Crippen LogP contribution >= 0.6 is 27.5 Å². The minimum Gasteiger partial charge on any atom is -0.271 e. The van der Waals surface area contributed by atoms with Crippen molar-refractivity contribution >= 4 is 27.5 Å². The Kier molecular flexibility index (Phi) is 4.18. The molecule has 0 heterocycles. The van der Waals surface area contributed by atoms with Crippen molar-refractivity contribution < 1.29 is 0 Å². The van der Waals surface area contributed by atoms with Gasteiger partial charge in [0, 0.05) is 9.50 Å². The fourth-order valence-corrected chi connectivity index (χ4v) is 2.24. The van der Waals surface area contributed by atoms with E-state index in [1.807, 2.05) is 48.5 Å². The highest BCUT2D eigenvalue weighted by molar-refractivity contribution is 9.10. The molecule has 0 aliphatic heterocycles. The van der Waals surface area contributed by atoms with Crippen molar-refractivity contribution in [3.8, 4) is 0 Å². The van der Waals surface area contributed by atoms with Crippen LogP contribution in [-0.4, -0.2) is 0 Å². The van der Waals surface area contributed by atoms with Gasteiger partial charge in [-0.1, -0.05) is 57.9 Å². The van der Waals surface area contributed by atoms with Gasteiger partial charge in [-0.25, -0.2) is 5.43 Å². The lowest BCUT2D eigenvalue weighted by molar-refractivity contribution is 0.637. The number of halogens is 2. The van der Waals surface area contributed by atoms with Crippen LogP contribution in [0.15, 0.2) is 53.0 Å². The molecular formula is C13H12BrClN2. The second-order valence-corrected chi connectivity index (χ2v) is 5.00. The molecule has 0 spiro atoms. The van der Waals surface area contributed by atoms with E-state index in [0.29, 0.717) is 5.02 Å². The molecule has 0 aliphatic carbocycles. The van der Waals surface area contributed by atoms with Gasteiger partial charge in [-0.05, 0) is 29.3 Å². The van der Waals surface area contributed by atoms with E-state index in [9.17, 15) is 0 Å². The maximum atomic E-state index is 6.17. The fraction of sp³-hybridized carbons (Fsp3) is 0.0769. The van der Waals surface area contributed by atoms with E-state index >= 15 is 0 Å². The van der Waals surface area contributed by atoms with Crippen molar-refractivity contribution in [2.24, 2.45) is 5.84 Å². The van der Waals surface area contributed by atoms with Crippen molar-refractivity contribution in [1.29, 1.82) is 0 Å². The molecule has 2 aromatic rings. The van der Waals surface area contributed by atoms with E-state index in [1.165, 1.54) is 0 Å². The number of hydrogen-bond donors (Lipinski definition) is 2. The van der Waals surface area contributed by atoms with E-state index in [4.69, 9.17) is 17.4 Å². The number of benzene rings is 2. The second-order valence-electron chi connectivity index (χ2n) is 3.67. The third kappa shape index (κ3) is 2.87. The Balaban J connectivity index is 2.40. The average Bonchev–Trinajstić information content (AvgIpc) is 2.35. The van der Waals surface area contributed by atoms with E-state index < -0.39 is 0 Å². The van der Waals surface area contributed by atoms with E-state index in [-0.39, 0.29) is 6.04 Å². The Morgan fingerprint density at radius 1 is 1.06 bits per heavy atom. The lowest BCUT2D eigenvalue weighted by Gasteiger charge is -2.18. The molecule has 0 bridgehead atoms. The molecule has 0 saturated heterocycles. The monoisotopic (exact) mass is 310 g/mol. The molecule has 4 heteroatoms. The summed E-state index contributed by atoms with van der Waals surface area (Å²) >= 11 is 9.58. The highest BCUT2D eigenvalue weighted by Gasteiger charge is 2.14. The molecule has 2 aromatic carbocycles. The van der Waals surface area contributed by atoms with E-state index in [1.54, 1.807) is 0 Å². The summed E-state index contributed by atoms with van der Waals surface area (Å²) in [6.45, 7) is 0. The van der Waals surface area contributed by atoms with Gasteiger partial charge in [-0.15, -0.1) is 0 Å². The van der Waals surface area contributed by atoms with Gasteiger partial charge in [0.15, 0.2) is 0 Å². The first-order valence-electron chi connectivity index (χ1n) is 5.18. The number of hydrazine groups is 1. The van der Waals surface area contributed by atoms with Crippen molar-refractivity contribution in [2.45, 2.75) is 6.04 Å². The highest BCUT2D eigenvalue weighted by Crippen LogP contribution is 2.28. The minimum atomic E-state index is -0.100. The first-order valence-corrected chi connectivity index (χ1v) is 6.35. The molecule has 1 atom stereocenters. The van der Waals surface area contributed by atoms with Crippen LogP contribution in [0.3, 0.4) is 0 Å². The van der Waals surface area contributed by atoms with E-state index in [2.05, 4.69) is 21.4 Å². The summed E-state index contributed by atoms with van der Waals surface area (Å²) in [6.07, 6.45) is 0. The number of nitrogens with two attached hydrogens (primary N) is 1. The molecule has 0 aliphatic rings. The van der Waals surface area contributed by atoms with Gasteiger partial charge >= 0.3 is 0 Å². The zero-order valence-corrected chi connectivity index (χ0v) is 11.4. The molecule has 17 heavy (non-hydrogen) atoms. The average molecular weight is 312 g/mol. The van der Waals surface area contributed by atoms with Crippen molar-refractivity contribution in [1.82, 2.24) is 5.43 Å². The van der Waals surface area contributed by atoms with Gasteiger partial charge in [0.05, 0.1) is 6.04 Å². The van der Waals surface area contributed by atoms with E-state index in [0.717, 1.165) is 15.6 Å². The van der Waals surface area contributed by atoms with Crippen LogP contribution in [0.25, 0.3) is 0 Å². The van der Waals surface area contributed by atoms with Gasteiger partial charge in [-0.3, -0.25) is 5.84 Å². The quantitative estimate of drug-likeness (QED) is 0.670. The minimum absolute atomic E-state index is 0.100. The van der Waals surface area contributed by atoms with Crippen molar-refractivity contribution in [2.75, 3.05) is 0 Å². The summed E-state index contributed by atoms with van der Waals surface area (Å²) in [6, 6.07) is 15.6. The van der Waals surface area contributed by atoms with Gasteiger partial charge in [0.25, 0.3) is 0 Å². The Hall–Kier alpha value is -0.870. The van der Waals surface area contributed by atoms with Crippen LogP contribution < -0.4 is 11.3 Å². The Morgan fingerprint density at radius 2 is 1.71 bits per heavy atom. The van der Waals surface area contributed by atoms with Gasteiger partial charge in [0.1, 0.15) is 0 Å². The molecule has 3 N–H and O–H groups in total. The standard InChI is InChI=1S/C13H12BrClN2/c14-10-7-5-9(6-8-10)13(17-16)11-3-1-2-4-12(11)15/h1-8,13,17H,16H2. The third-order valence-corrected chi connectivity index (χ3v) is 3.46. The smallest absolute Gasteiger partial charge is 0.0724 e. The molecule has 0 amide bonds. The summed E-state index contributed by atoms with van der Waals surface area (Å²) in [5, 5.41) is 0.707. The summed E-state index contributed by atoms with van der Waals surface area (Å²) in [7, 11) is 0. The lowest BCUT2D eigenvalue weighted by Crippen LogP contribution is -2.29. The molecule has 0 aromatic heterocycles. The normalized spacial score (nSPS) is 12.4. The Bertz CT molecular complexity index is 499. The highest BCUT2D eigenvalue weighted by atomic mass is 79.9. The topological polar surface area (TPSA) is 38.0 Å². The van der Waals surface area contributed by atoms with Crippen LogP contribution in [0.2, 0.25) is 5.02 Å². The molecule has 0 saturated carbocycles. The van der Waals surface area contributed by atoms with Gasteiger partial charge in [0.2, 0.25) is 0 Å². The van der Waals surface area contributed by atoms with Crippen LogP contribution in [0.1, 0.15) is 17.2 Å². The van der Waals surface area contributed by atoms with Crippen LogP contribution in [0.4, 0.5) is 0 Å². The van der Waals surface area contributed by atoms with Gasteiger partial charge < -0.3 is 0 Å². The SMILES string of the molecule is NNC(c1ccc(Br)cc1)c1ccccc1Cl. The largest absolute Gasteiger partial charge is 0.271 e. The van der Waals surface area contributed by atoms with Crippen LogP contribution in [0.5, 0.6) is 0 Å². The molecule has 0 fully saturated rings. The summed E-state index contributed by atoms with van der Waals surface area (Å²) in [5.74, 6) is 5.62. The zero-order valence-electron chi connectivity index (χ0n) is 9.03. The maximum absolute atomic E-state index is 6.17. The summed E-state index contributed by atoms with van der Waals surface area (Å²) in [5.41, 5.74) is 4.84. The van der Waals surface area contributed by atoms with Gasteiger partial charge in [-0.2, -0.15) is 0 Å². The number of rotatable bonds is 3. The fourth-order valence-electron chi connectivity index (χ4n) is 1.73. The molecule has 88 valence electrons. The molecule has 1 unspecified atom stereocenters. The molecule has 2 nitrogen and oxygen atoms in total. The molecule has 0 radical (unpaired) electrons. The second kappa shape index (κ2) is 5.65. The summed E-state index contributed by atoms with van der Waals surface area (Å²) < 4.78 is 1.04. The maximum Gasteiger partial charge on any atom is 0.0724 e. The zero-order chi connectivity index (χ0) is 12.3. The Labute approximate surface area is 114 Å². The number of hydrogen-bond acceptors (Lipinski definition) is 2. The first-order chi connectivity index (χ1) is 8.22. The third-order valence-electron chi connectivity index (χ3n) is 2.59. The summed E-state index contributed by atoms with van der Waals surface area (Å²) in [4.78, 5) is 0. The van der Waals surface area contributed by atoms with Crippen LogP contribution in [0, 0.1) is 0 Å². The molecule has 2 rings (SSSR count). The lowest BCUT2D eigenvalue weighted by atomic mass is 9.99. The predicted molar refractivity (Wildman–Crippen MR) is 74.8 cm³/mol.